The summed E-state index contributed by atoms with van der Waals surface area (Å²) in [5.41, 5.74) is 7.60. The summed E-state index contributed by atoms with van der Waals surface area (Å²) in [6.45, 7) is 3.37. The molecule has 0 aliphatic carbocycles. The van der Waals surface area contributed by atoms with Crippen molar-refractivity contribution in [2.24, 2.45) is 5.73 Å². The van der Waals surface area contributed by atoms with Crippen molar-refractivity contribution >= 4 is 5.91 Å². The van der Waals surface area contributed by atoms with Gasteiger partial charge in [-0.25, -0.2) is 0 Å². The van der Waals surface area contributed by atoms with Crippen molar-refractivity contribution in [2.75, 3.05) is 6.54 Å². The fourth-order valence-corrected chi connectivity index (χ4v) is 2.01. The zero-order valence-corrected chi connectivity index (χ0v) is 11.8. The quantitative estimate of drug-likeness (QED) is 0.671. The molecule has 0 bridgehead atoms. The third-order valence-corrected chi connectivity index (χ3v) is 3.18. The van der Waals surface area contributed by atoms with Crippen LogP contribution in [0.25, 0.3) is 0 Å². The van der Waals surface area contributed by atoms with E-state index >= 15 is 0 Å². The lowest BCUT2D eigenvalue weighted by atomic mass is 10.1. The predicted molar refractivity (Wildman–Crippen MR) is 77.6 cm³/mol. The molecule has 0 aliphatic heterocycles. The Morgan fingerprint density at radius 2 is 2.11 bits per heavy atom. The third kappa shape index (κ3) is 6.34. The Hall–Kier alpha value is -1.42. The van der Waals surface area contributed by atoms with Gasteiger partial charge in [0.1, 0.15) is 0 Å². The molecule has 1 aromatic rings. The number of hydrogen-bond acceptors (Lipinski definition) is 3. The van der Waals surface area contributed by atoms with Crippen molar-refractivity contribution in [1.29, 1.82) is 0 Å². The van der Waals surface area contributed by atoms with E-state index in [0.717, 1.165) is 44.3 Å². The summed E-state index contributed by atoms with van der Waals surface area (Å²) in [5, 5.41) is 2.94. The van der Waals surface area contributed by atoms with Crippen LogP contribution in [0.5, 0.6) is 0 Å². The van der Waals surface area contributed by atoms with E-state index in [0.29, 0.717) is 13.0 Å². The van der Waals surface area contributed by atoms with Gasteiger partial charge in [0.05, 0.1) is 12.2 Å². The molecule has 0 spiro atoms. The van der Waals surface area contributed by atoms with Crippen molar-refractivity contribution in [3.8, 4) is 0 Å². The smallest absolute Gasteiger partial charge is 0.220 e. The average molecular weight is 263 g/mol. The van der Waals surface area contributed by atoms with Gasteiger partial charge in [-0.15, -0.1) is 0 Å². The minimum atomic E-state index is 0.112. The molecule has 19 heavy (non-hydrogen) atoms. The van der Waals surface area contributed by atoms with E-state index in [9.17, 15) is 4.79 Å². The second kappa shape index (κ2) is 9.50. The van der Waals surface area contributed by atoms with Crippen LogP contribution in [-0.4, -0.2) is 17.4 Å². The van der Waals surface area contributed by atoms with Crippen LogP contribution in [0, 0.1) is 0 Å². The minimum Gasteiger partial charge on any atom is -0.350 e. The lowest BCUT2D eigenvalue weighted by molar-refractivity contribution is -0.121. The molecule has 1 aromatic heterocycles. The number of aromatic nitrogens is 1. The highest BCUT2D eigenvalue weighted by Gasteiger charge is 2.04. The maximum atomic E-state index is 11.7. The highest BCUT2D eigenvalue weighted by Crippen LogP contribution is 2.06. The van der Waals surface area contributed by atoms with E-state index in [-0.39, 0.29) is 5.91 Å². The Labute approximate surface area is 115 Å². The second-order valence-corrected chi connectivity index (χ2v) is 4.69. The number of hydrogen-bond donors (Lipinski definition) is 2. The Morgan fingerprint density at radius 3 is 2.84 bits per heavy atom. The number of amides is 1. The van der Waals surface area contributed by atoms with Crippen LogP contribution in [0.2, 0.25) is 0 Å². The van der Waals surface area contributed by atoms with Crippen molar-refractivity contribution in [3.05, 3.63) is 29.6 Å². The molecule has 0 aromatic carbocycles. The van der Waals surface area contributed by atoms with Gasteiger partial charge in [-0.05, 0) is 37.4 Å². The fourth-order valence-electron chi connectivity index (χ4n) is 2.01. The van der Waals surface area contributed by atoms with Crippen LogP contribution in [-0.2, 0) is 17.8 Å². The molecule has 0 unspecified atom stereocenters. The monoisotopic (exact) mass is 263 g/mol. The standard InChI is InChI=1S/C15H25N3O/c1-2-13-8-7-11-17-14(13)12-18-15(19)9-5-3-4-6-10-16/h7-8,11H,2-6,9-10,12,16H2,1H3,(H,18,19). The molecular formula is C15H25N3O. The first-order valence-corrected chi connectivity index (χ1v) is 7.17. The lowest BCUT2D eigenvalue weighted by Crippen LogP contribution is -2.23. The van der Waals surface area contributed by atoms with Crippen molar-refractivity contribution < 1.29 is 4.79 Å². The molecule has 1 heterocycles. The average Bonchev–Trinajstić information content (AvgIpc) is 2.45. The maximum Gasteiger partial charge on any atom is 0.220 e. The molecule has 0 aliphatic rings. The van der Waals surface area contributed by atoms with Crippen LogP contribution in [0.15, 0.2) is 18.3 Å². The first-order valence-electron chi connectivity index (χ1n) is 7.17. The van der Waals surface area contributed by atoms with E-state index in [4.69, 9.17) is 5.73 Å². The highest BCUT2D eigenvalue weighted by molar-refractivity contribution is 5.75. The minimum absolute atomic E-state index is 0.112. The Balaban J connectivity index is 2.22. The maximum absolute atomic E-state index is 11.7. The number of unbranched alkanes of at least 4 members (excludes halogenated alkanes) is 3. The molecular weight excluding hydrogens is 238 g/mol. The third-order valence-electron chi connectivity index (χ3n) is 3.18. The van der Waals surface area contributed by atoms with Gasteiger partial charge in [0.2, 0.25) is 5.91 Å². The van der Waals surface area contributed by atoms with Crippen molar-refractivity contribution in [2.45, 2.75) is 52.0 Å². The number of carbonyl (C=O) groups excluding carboxylic acids is 1. The second-order valence-electron chi connectivity index (χ2n) is 4.69. The number of nitrogens with zero attached hydrogens (tertiary/aromatic N) is 1. The summed E-state index contributed by atoms with van der Waals surface area (Å²) >= 11 is 0. The van der Waals surface area contributed by atoms with Crippen molar-refractivity contribution in [1.82, 2.24) is 10.3 Å². The zero-order valence-electron chi connectivity index (χ0n) is 11.8. The summed E-state index contributed by atoms with van der Waals surface area (Å²) in [6, 6.07) is 3.99. The van der Waals surface area contributed by atoms with Crippen LogP contribution >= 0.6 is 0 Å². The number of pyridine rings is 1. The van der Waals surface area contributed by atoms with Crippen molar-refractivity contribution in [3.63, 3.8) is 0 Å². The predicted octanol–water partition coefficient (Wildman–Crippen LogP) is 2.17. The molecule has 106 valence electrons. The van der Waals surface area contributed by atoms with Gasteiger partial charge in [0, 0.05) is 12.6 Å². The largest absolute Gasteiger partial charge is 0.350 e. The van der Waals surface area contributed by atoms with Crippen LogP contribution < -0.4 is 11.1 Å². The molecule has 4 nitrogen and oxygen atoms in total. The highest BCUT2D eigenvalue weighted by atomic mass is 16.1. The van der Waals surface area contributed by atoms with Gasteiger partial charge in [0.25, 0.3) is 0 Å². The molecule has 0 saturated heterocycles. The van der Waals surface area contributed by atoms with Crippen LogP contribution in [0.1, 0.15) is 50.3 Å². The number of carbonyl (C=O) groups is 1. The Kier molecular flexibility index (Phi) is 7.82. The molecule has 4 heteroatoms. The first kappa shape index (κ1) is 15.6. The molecule has 3 N–H and O–H groups in total. The topological polar surface area (TPSA) is 68.0 Å². The molecule has 0 fully saturated rings. The van der Waals surface area contributed by atoms with E-state index in [1.807, 2.05) is 6.07 Å². The summed E-state index contributed by atoms with van der Waals surface area (Å²) in [7, 11) is 0. The Bertz CT molecular complexity index is 379. The normalized spacial score (nSPS) is 10.4. The molecule has 0 radical (unpaired) electrons. The zero-order chi connectivity index (χ0) is 13.9. The summed E-state index contributed by atoms with van der Waals surface area (Å²) in [5.74, 6) is 0.112. The number of rotatable bonds is 9. The lowest BCUT2D eigenvalue weighted by Gasteiger charge is -2.08. The van der Waals surface area contributed by atoms with E-state index < -0.39 is 0 Å². The summed E-state index contributed by atoms with van der Waals surface area (Å²) in [4.78, 5) is 16.0. The van der Waals surface area contributed by atoms with Gasteiger partial charge in [-0.2, -0.15) is 0 Å². The van der Waals surface area contributed by atoms with Gasteiger partial charge in [-0.3, -0.25) is 9.78 Å². The van der Waals surface area contributed by atoms with E-state index in [2.05, 4.69) is 23.3 Å². The fraction of sp³-hybridized carbons (Fsp3) is 0.600. The van der Waals surface area contributed by atoms with Gasteiger partial charge in [-0.1, -0.05) is 25.8 Å². The van der Waals surface area contributed by atoms with Gasteiger partial charge < -0.3 is 11.1 Å². The van der Waals surface area contributed by atoms with E-state index in [1.54, 1.807) is 6.20 Å². The molecule has 0 atom stereocenters. The van der Waals surface area contributed by atoms with Gasteiger partial charge >= 0.3 is 0 Å². The summed E-state index contributed by atoms with van der Waals surface area (Å²) in [6.07, 6.45) is 7.49. The SMILES string of the molecule is CCc1cccnc1CNC(=O)CCCCCCN. The number of nitrogens with two attached hydrogens (primary N) is 1. The molecule has 1 rings (SSSR count). The molecule has 0 saturated carbocycles. The number of nitrogens with one attached hydrogen (secondary N) is 1. The van der Waals surface area contributed by atoms with Gasteiger partial charge in [0.15, 0.2) is 0 Å². The molecule has 1 amide bonds. The Morgan fingerprint density at radius 1 is 1.32 bits per heavy atom. The summed E-state index contributed by atoms with van der Waals surface area (Å²) < 4.78 is 0. The number of aryl methyl sites for hydroxylation is 1. The van der Waals surface area contributed by atoms with Crippen LogP contribution in [0.3, 0.4) is 0 Å². The van der Waals surface area contributed by atoms with E-state index in [1.165, 1.54) is 5.56 Å². The van der Waals surface area contributed by atoms with Crippen LogP contribution in [0.4, 0.5) is 0 Å². The first-order chi connectivity index (χ1) is 9.27.